The lowest BCUT2D eigenvalue weighted by Crippen LogP contribution is -1.87. The molecule has 76 valence electrons. The standard InChI is InChI=1S/C11H9ClN2O/c1-6-5-9-8(3-4-10(12)13-9)7(2)11(6)14-15/h3-5H,1-2H3. The summed E-state index contributed by atoms with van der Waals surface area (Å²) < 4.78 is 0. The second-order valence-electron chi connectivity index (χ2n) is 3.46. The first-order valence-corrected chi connectivity index (χ1v) is 4.91. The molecule has 0 bridgehead atoms. The molecule has 0 aliphatic rings. The van der Waals surface area contributed by atoms with Gasteiger partial charge in [-0.2, -0.15) is 0 Å². The van der Waals surface area contributed by atoms with Crippen LogP contribution in [0.15, 0.2) is 23.4 Å². The van der Waals surface area contributed by atoms with Crippen LogP contribution in [-0.4, -0.2) is 4.98 Å². The molecule has 2 aromatic rings. The molecule has 1 aromatic heterocycles. The largest absolute Gasteiger partial charge is 0.236 e. The fourth-order valence-electron chi connectivity index (χ4n) is 1.71. The number of hydrogen-bond acceptors (Lipinski definition) is 3. The van der Waals surface area contributed by atoms with Gasteiger partial charge in [-0.3, -0.25) is 0 Å². The molecule has 3 nitrogen and oxygen atoms in total. The number of benzene rings is 1. The number of nitrogens with zero attached hydrogens (tertiary/aromatic N) is 2. The molecule has 0 saturated heterocycles. The lowest BCUT2D eigenvalue weighted by atomic mass is 10.0. The highest BCUT2D eigenvalue weighted by atomic mass is 35.5. The molecule has 0 atom stereocenters. The number of rotatable bonds is 1. The molecule has 0 amide bonds. The Morgan fingerprint density at radius 2 is 2.07 bits per heavy atom. The minimum atomic E-state index is 0.452. The van der Waals surface area contributed by atoms with Crippen molar-refractivity contribution in [1.29, 1.82) is 0 Å². The van der Waals surface area contributed by atoms with Gasteiger partial charge in [0.15, 0.2) is 0 Å². The zero-order chi connectivity index (χ0) is 11.0. The van der Waals surface area contributed by atoms with Crippen molar-refractivity contribution in [3.8, 4) is 0 Å². The van der Waals surface area contributed by atoms with Gasteiger partial charge in [0.25, 0.3) is 0 Å². The second kappa shape index (κ2) is 3.59. The van der Waals surface area contributed by atoms with Crippen LogP contribution in [0.3, 0.4) is 0 Å². The van der Waals surface area contributed by atoms with Crippen molar-refractivity contribution in [2.75, 3.05) is 0 Å². The van der Waals surface area contributed by atoms with Crippen LogP contribution < -0.4 is 0 Å². The molecule has 0 aliphatic heterocycles. The number of pyridine rings is 1. The average molecular weight is 221 g/mol. The molecule has 2 rings (SSSR count). The van der Waals surface area contributed by atoms with Gasteiger partial charge < -0.3 is 0 Å². The molecule has 1 heterocycles. The fraction of sp³-hybridized carbons (Fsp3) is 0.182. The van der Waals surface area contributed by atoms with Crippen molar-refractivity contribution >= 4 is 28.2 Å². The van der Waals surface area contributed by atoms with Crippen molar-refractivity contribution < 1.29 is 0 Å². The maximum absolute atomic E-state index is 10.7. The van der Waals surface area contributed by atoms with Gasteiger partial charge in [0.2, 0.25) is 0 Å². The van der Waals surface area contributed by atoms with E-state index >= 15 is 0 Å². The van der Waals surface area contributed by atoms with Crippen LogP contribution in [0.5, 0.6) is 0 Å². The summed E-state index contributed by atoms with van der Waals surface area (Å²) in [7, 11) is 0. The minimum absolute atomic E-state index is 0.452. The van der Waals surface area contributed by atoms with Crippen LogP contribution in [0.25, 0.3) is 10.9 Å². The Balaban J connectivity index is 2.90. The molecule has 0 radical (unpaired) electrons. The quantitative estimate of drug-likeness (QED) is 0.540. The molecule has 0 N–H and O–H groups in total. The number of aryl methyl sites for hydroxylation is 2. The number of halogens is 1. The van der Waals surface area contributed by atoms with Crippen molar-refractivity contribution in [2.45, 2.75) is 13.8 Å². The zero-order valence-corrected chi connectivity index (χ0v) is 9.17. The summed E-state index contributed by atoms with van der Waals surface area (Å²) in [4.78, 5) is 14.9. The summed E-state index contributed by atoms with van der Waals surface area (Å²) in [5, 5.41) is 4.40. The summed E-state index contributed by atoms with van der Waals surface area (Å²) in [6, 6.07) is 5.39. The third-order valence-corrected chi connectivity index (χ3v) is 2.68. The Hall–Kier alpha value is -1.48. The highest BCUT2D eigenvalue weighted by molar-refractivity contribution is 6.29. The first kappa shape index (κ1) is 10.1. The van der Waals surface area contributed by atoms with Gasteiger partial charge in [0.1, 0.15) is 10.8 Å². The van der Waals surface area contributed by atoms with Crippen LogP contribution in [0, 0.1) is 18.8 Å². The monoisotopic (exact) mass is 220 g/mol. The Morgan fingerprint density at radius 1 is 1.33 bits per heavy atom. The van der Waals surface area contributed by atoms with Gasteiger partial charge in [-0.25, -0.2) is 4.98 Å². The predicted molar refractivity (Wildman–Crippen MR) is 61.7 cm³/mol. The van der Waals surface area contributed by atoms with Gasteiger partial charge in [-0.1, -0.05) is 11.6 Å². The van der Waals surface area contributed by atoms with Crippen molar-refractivity contribution in [3.63, 3.8) is 0 Å². The molecule has 0 spiro atoms. The van der Waals surface area contributed by atoms with Gasteiger partial charge in [-0.05, 0) is 48.4 Å². The molecule has 0 fully saturated rings. The van der Waals surface area contributed by atoms with Crippen LogP contribution in [-0.2, 0) is 0 Å². The van der Waals surface area contributed by atoms with Crippen molar-refractivity contribution in [3.05, 3.63) is 39.4 Å². The highest BCUT2D eigenvalue weighted by Gasteiger charge is 2.08. The number of hydrogen-bond donors (Lipinski definition) is 0. The maximum atomic E-state index is 10.7. The van der Waals surface area contributed by atoms with Gasteiger partial charge in [-0.15, -0.1) is 4.91 Å². The Kier molecular flexibility index (Phi) is 2.40. The summed E-state index contributed by atoms with van der Waals surface area (Å²) in [5.74, 6) is 0. The molecule has 0 unspecified atom stereocenters. The van der Waals surface area contributed by atoms with Gasteiger partial charge in [0.05, 0.1) is 5.52 Å². The van der Waals surface area contributed by atoms with E-state index in [0.29, 0.717) is 10.8 Å². The van der Waals surface area contributed by atoms with E-state index in [4.69, 9.17) is 11.6 Å². The zero-order valence-electron chi connectivity index (χ0n) is 8.41. The number of fused-ring (bicyclic) bond motifs is 1. The third kappa shape index (κ3) is 1.59. The molecular weight excluding hydrogens is 212 g/mol. The summed E-state index contributed by atoms with van der Waals surface area (Å²) in [6.45, 7) is 3.70. The summed E-state index contributed by atoms with van der Waals surface area (Å²) in [5.41, 5.74) is 2.96. The van der Waals surface area contributed by atoms with Gasteiger partial charge >= 0.3 is 0 Å². The maximum Gasteiger partial charge on any atom is 0.129 e. The molecule has 0 aliphatic carbocycles. The van der Waals surface area contributed by atoms with E-state index in [1.807, 2.05) is 26.0 Å². The normalized spacial score (nSPS) is 10.6. The van der Waals surface area contributed by atoms with E-state index in [-0.39, 0.29) is 0 Å². The van der Waals surface area contributed by atoms with Crippen molar-refractivity contribution in [1.82, 2.24) is 4.98 Å². The van der Waals surface area contributed by atoms with E-state index in [2.05, 4.69) is 10.2 Å². The molecule has 1 aromatic carbocycles. The molecule has 15 heavy (non-hydrogen) atoms. The number of nitroso groups, excluding NO2 is 1. The van der Waals surface area contributed by atoms with Crippen molar-refractivity contribution in [2.24, 2.45) is 5.18 Å². The van der Waals surface area contributed by atoms with Crippen LogP contribution in [0.1, 0.15) is 11.1 Å². The first-order valence-electron chi connectivity index (χ1n) is 4.53. The average Bonchev–Trinajstić information content (AvgIpc) is 2.17. The van der Waals surface area contributed by atoms with Crippen LogP contribution >= 0.6 is 11.6 Å². The van der Waals surface area contributed by atoms with Crippen LogP contribution in [0.4, 0.5) is 5.69 Å². The highest BCUT2D eigenvalue weighted by Crippen LogP contribution is 2.30. The third-order valence-electron chi connectivity index (χ3n) is 2.47. The second-order valence-corrected chi connectivity index (χ2v) is 3.85. The minimum Gasteiger partial charge on any atom is -0.236 e. The predicted octanol–water partition coefficient (Wildman–Crippen LogP) is 3.90. The number of aromatic nitrogens is 1. The first-order chi connectivity index (χ1) is 7.13. The van der Waals surface area contributed by atoms with Crippen LogP contribution in [0.2, 0.25) is 5.15 Å². The van der Waals surface area contributed by atoms with E-state index in [1.165, 1.54) is 0 Å². The van der Waals surface area contributed by atoms with Gasteiger partial charge in [0, 0.05) is 5.39 Å². The molecule has 4 heteroatoms. The van der Waals surface area contributed by atoms with E-state index in [1.54, 1.807) is 6.07 Å². The Bertz CT molecular complexity index is 552. The summed E-state index contributed by atoms with van der Waals surface area (Å²) in [6.07, 6.45) is 0. The SMILES string of the molecule is Cc1cc2nc(Cl)ccc2c(C)c1N=O. The molecule has 0 saturated carbocycles. The van der Waals surface area contributed by atoms with E-state index < -0.39 is 0 Å². The van der Waals surface area contributed by atoms with E-state index in [0.717, 1.165) is 22.0 Å². The van der Waals surface area contributed by atoms with E-state index in [9.17, 15) is 4.91 Å². The Morgan fingerprint density at radius 3 is 2.73 bits per heavy atom. The Labute approximate surface area is 92.1 Å². The summed E-state index contributed by atoms with van der Waals surface area (Å²) >= 11 is 5.80. The topological polar surface area (TPSA) is 42.3 Å². The lowest BCUT2D eigenvalue weighted by molar-refractivity contribution is 1.32. The smallest absolute Gasteiger partial charge is 0.129 e. The molecular formula is C11H9ClN2O. The lowest BCUT2D eigenvalue weighted by Gasteiger charge is -2.06. The fourth-order valence-corrected chi connectivity index (χ4v) is 1.87.